The second-order valence-corrected chi connectivity index (χ2v) is 5.99. The van der Waals surface area contributed by atoms with E-state index in [-0.39, 0.29) is 17.2 Å². The van der Waals surface area contributed by atoms with Crippen molar-refractivity contribution in [2.24, 2.45) is 21.8 Å². The van der Waals surface area contributed by atoms with Crippen molar-refractivity contribution in [2.75, 3.05) is 5.88 Å². The summed E-state index contributed by atoms with van der Waals surface area (Å²) >= 11 is 5.43. The van der Waals surface area contributed by atoms with Gasteiger partial charge in [-0.15, -0.1) is 11.6 Å². The predicted molar refractivity (Wildman–Crippen MR) is 65.5 cm³/mol. The van der Waals surface area contributed by atoms with E-state index >= 15 is 0 Å². The lowest BCUT2D eigenvalue weighted by Crippen LogP contribution is -2.34. The molecule has 1 amide bonds. The van der Waals surface area contributed by atoms with E-state index in [0.717, 1.165) is 12.1 Å². The van der Waals surface area contributed by atoms with Crippen LogP contribution in [0, 0.1) is 16.7 Å². The van der Waals surface area contributed by atoms with Crippen LogP contribution < -0.4 is 5.43 Å². The number of nitrogens with one attached hydrogen (secondary N) is 1. The SMILES string of the molecule is CC1(C)[C@@H]2CC[C@@]1(C)/C(=N\NC(=O)CCl)C2. The van der Waals surface area contributed by atoms with Crippen LogP contribution in [0.2, 0.25) is 0 Å². The number of hydrazone groups is 1. The molecule has 0 aromatic rings. The molecule has 1 N–H and O–H groups in total. The minimum absolute atomic E-state index is 0.0275. The first-order valence-corrected chi connectivity index (χ1v) is 6.37. The van der Waals surface area contributed by atoms with Crippen molar-refractivity contribution in [3.63, 3.8) is 0 Å². The monoisotopic (exact) mass is 242 g/mol. The molecule has 0 saturated heterocycles. The Balaban J connectivity index is 2.18. The van der Waals surface area contributed by atoms with Gasteiger partial charge in [-0.25, -0.2) is 5.43 Å². The molecule has 90 valence electrons. The van der Waals surface area contributed by atoms with Crippen LogP contribution in [-0.2, 0) is 4.79 Å². The molecule has 16 heavy (non-hydrogen) atoms. The standard InChI is InChI=1S/C12H19ClN2O/c1-11(2)8-4-5-12(11,3)9(6-8)14-15-10(16)7-13/h8H,4-7H2,1-3H3,(H,15,16)/b14-9-/t8-,12+/m1/s1. The molecule has 2 aliphatic carbocycles. The van der Waals surface area contributed by atoms with Gasteiger partial charge < -0.3 is 0 Å². The van der Waals surface area contributed by atoms with Crippen LogP contribution in [-0.4, -0.2) is 17.5 Å². The highest BCUT2D eigenvalue weighted by atomic mass is 35.5. The zero-order chi connectivity index (χ0) is 12.0. The fourth-order valence-electron chi connectivity index (χ4n) is 3.26. The smallest absolute Gasteiger partial charge is 0.254 e. The molecule has 2 fully saturated rings. The number of carbonyl (C=O) groups is 1. The largest absolute Gasteiger partial charge is 0.272 e. The predicted octanol–water partition coefficient (Wildman–Crippen LogP) is 2.54. The van der Waals surface area contributed by atoms with E-state index in [9.17, 15) is 4.79 Å². The van der Waals surface area contributed by atoms with E-state index in [1.54, 1.807) is 0 Å². The fourth-order valence-corrected chi connectivity index (χ4v) is 3.32. The minimum Gasteiger partial charge on any atom is -0.272 e. The Morgan fingerprint density at radius 2 is 2.25 bits per heavy atom. The minimum atomic E-state index is -0.224. The number of hydrogen-bond acceptors (Lipinski definition) is 2. The lowest BCUT2D eigenvalue weighted by molar-refractivity contribution is -0.118. The van der Waals surface area contributed by atoms with E-state index in [0.29, 0.717) is 11.3 Å². The molecule has 0 aromatic carbocycles. The van der Waals surface area contributed by atoms with Gasteiger partial charge in [0.2, 0.25) is 0 Å². The zero-order valence-electron chi connectivity index (χ0n) is 10.1. The first-order valence-electron chi connectivity index (χ1n) is 5.83. The van der Waals surface area contributed by atoms with Gasteiger partial charge in [-0.05, 0) is 30.6 Å². The van der Waals surface area contributed by atoms with Gasteiger partial charge in [0, 0.05) is 11.1 Å². The van der Waals surface area contributed by atoms with E-state index < -0.39 is 0 Å². The van der Waals surface area contributed by atoms with Gasteiger partial charge in [-0.1, -0.05) is 20.8 Å². The summed E-state index contributed by atoms with van der Waals surface area (Å²) in [6.07, 6.45) is 3.48. The van der Waals surface area contributed by atoms with Crippen LogP contribution in [0.5, 0.6) is 0 Å². The highest BCUT2D eigenvalue weighted by molar-refractivity contribution is 6.27. The molecule has 2 aliphatic rings. The number of carbonyl (C=O) groups excluding carboxylic acids is 1. The van der Waals surface area contributed by atoms with Crippen LogP contribution in [0.15, 0.2) is 5.10 Å². The Bertz CT molecular complexity index is 351. The summed E-state index contributed by atoms with van der Waals surface area (Å²) in [5, 5.41) is 4.28. The van der Waals surface area contributed by atoms with Crippen molar-refractivity contribution in [2.45, 2.75) is 40.0 Å². The summed E-state index contributed by atoms with van der Waals surface area (Å²) in [5.74, 6) is 0.461. The molecule has 0 radical (unpaired) electrons. The molecule has 2 bridgehead atoms. The average molecular weight is 243 g/mol. The molecule has 0 aliphatic heterocycles. The molecule has 0 unspecified atom stereocenters. The number of fused-ring (bicyclic) bond motifs is 2. The second-order valence-electron chi connectivity index (χ2n) is 5.72. The van der Waals surface area contributed by atoms with E-state index in [1.165, 1.54) is 12.8 Å². The molecule has 2 rings (SSSR count). The summed E-state index contributed by atoms with van der Waals surface area (Å²) < 4.78 is 0. The number of hydrogen-bond donors (Lipinski definition) is 1. The number of halogens is 1. The molecule has 0 spiro atoms. The first-order chi connectivity index (χ1) is 7.41. The molecule has 0 aromatic heterocycles. The zero-order valence-corrected chi connectivity index (χ0v) is 10.9. The molecular formula is C12H19ClN2O. The van der Waals surface area contributed by atoms with Gasteiger partial charge in [0.1, 0.15) is 5.88 Å². The Hall–Kier alpha value is -0.570. The third-order valence-corrected chi connectivity index (χ3v) is 5.19. The van der Waals surface area contributed by atoms with Crippen molar-refractivity contribution in [1.82, 2.24) is 5.43 Å². The van der Waals surface area contributed by atoms with Crippen molar-refractivity contribution < 1.29 is 4.79 Å². The van der Waals surface area contributed by atoms with Crippen molar-refractivity contribution in [3.05, 3.63) is 0 Å². The van der Waals surface area contributed by atoms with Gasteiger partial charge in [0.05, 0.1) is 0 Å². The normalized spacial score (nSPS) is 38.0. The number of nitrogens with zero attached hydrogens (tertiary/aromatic N) is 1. The third kappa shape index (κ3) is 1.48. The highest BCUT2D eigenvalue weighted by Crippen LogP contribution is 2.63. The van der Waals surface area contributed by atoms with Gasteiger partial charge in [0.15, 0.2) is 0 Å². The van der Waals surface area contributed by atoms with E-state index in [1.807, 2.05) is 0 Å². The summed E-state index contributed by atoms with van der Waals surface area (Å²) in [4.78, 5) is 11.1. The Morgan fingerprint density at radius 3 is 2.69 bits per heavy atom. The third-order valence-electron chi connectivity index (χ3n) is 4.95. The topological polar surface area (TPSA) is 41.5 Å². The quantitative estimate of drug-likeness (QED) is 0.587. The summed E-state index contributed by atoms with van der Waals surface area (Å²) in [6, 6.07) is 0. The van der Waals surface area contributed by atoms with Gasteiger partial charge in [0.25, 0.3) is 5.91 Å². The first kappa shape index (κ1) is 11.9. The van der Waals surface area contributed by atoms with Gasteiger partial charge in [-0.3, -0.25) is 4.79 Å². The highest BCUT2D eigenvalue weighted by Gasteiger charge is 2.59. The Labute approximate surface area is 102 Å². The second kappa shape index (κ2) is 3.73. The van der Waals surface area contributed by atoms with E-state index in [4.69, 9.17) is 11.6 Å². The maximum Gasteiger partial charge on any atom is 0.254 e. The molecule has 0 heterocycles. The molecule has 2 atom stereocenters. The maximum atomic E-state index is 11.1. The van der Waals surface area contributed by atoms with Crippen LogP contribution in [0.3, 0.4) is 0 Å². The van der Waals surface area contributed by atoms with Crippen molar-refractivity contribution >= 4 is 23.2 Å². The maximum absolute atomic E-state index is 11.1. The molecular weight excluding hydrogens is 224 g/mol. The fraction of sp³-hybridized carbons (Fsp3) is 0.833. The lowest BCUT2D eigenvalue weighted by Gasteiger charge is -2.34. The molecule has 4 heteroatoms. The number of rotatable bonds is 2. The molecule has 2 saturated carbocycles. The summed E-state index contributed by atoms with van der Waals surface area (Å²) in [7, 11) is 0. The van der Waals surface area contributed by atoms with Crippen molar-refractivity contribution in [1.29, 1.82) is 0 Å². The van der Waals surface area contributed by atoms with Gasteiger partial charge >= 0.3 is 0 Å². The van der Waals surface area contributed by atoms with Crippen molar-refractivity contribution in [3.8, 4) is 0 Å². The summed E-state index contributed by atoms with van der Waals surface area (Å²) in [5.41, 5.74) is 4.14. The lowest BCUT2D eigenvalue weighted by atomic mass is 9.70. The van der Waals surface area contributed by atoms with Crippen LogP contribution in [0.25, 0.3) is 0 Å². The Morgan fingerprint density at radius 1 is 1.56 bits per heavy atom. The van der Waals surface area contributed by atoms with Gasteiger partial charge in [-0.2, -0.15) is 5.10 Å². The van der Waals surface area contributed by atoms with Crippen LogP contribution in [0.4, 0.5) is 0 Å². The summed E-state index contributed by atoms with van der Waals surface area (Å²) in [6.45, 7) is 6.90. The Kier molecular flexibility index (Phi) is 2.77. The van der Waals surface area contributed by atoms with Crippen LogP contribution >= 0.6 is 11.6 Å². The number of alkyl halides is 1. The molecule has 3 nitrogen and oxygen atoms in total. The average Bonchev–Trinajstić information content (AvgIpc) is 2.58. The van der Waals surface area contributed by atoms with Crippen LogP contribution in [0.1, 0.15) is 40.0 Å². The van der Waals surface area contributed by atoms with E-state index in [2.05, 4.69) is 31.3 Å². The number of amides is 1.